The second kappa shape index (κ2) is 7.89. The van der Waals surface area contributed by atoms with E-state index < -0.39 is 0 Å². The van der Waals surface area contributed by atoms with E-state index in [0.717, 1.165) is 0 Å². The molecule has 0 aliphatic carbocycles. The molecular weight excluding hydrogens is 282 g/mol. The zero-order valence-corrected chi connectivity index (χ0v) is 11.8. The highest BCUT2D eigenvalue weighted by Crippen LogP contribution is 2.37. The van der Waals surface area contributed by atoms with Crippen LogP contribution >= 0.6 is 0 Å². The normalized spacial score (nSPS) is 11.8. The first-order valence-electron chi connectivity index (χ1n) is 5.62. The average molecular weight is 299 g/mol. The molecule has 21 heavy (non-hydrogen) atoms. The molecule has 0 bridgehead atoms. The largest absolute Gasteiger partial charge is 0.493 e. The fourth-order valence-electron chi connectivity index (χ4n) is 1.46. The van der Waals surface area contributed by atoms with Gasteiger partial charge in [-0.1, -0.05) is 0 Å². The Morgan fingerprint density at radius 1 is 1.19 bits per heavy atom. The highest BCUT2D eigenvalue weighted by molar-refractivity contribution is 5.84. The van der Waals surface area contributed by atoms with Gasteiger partial charge in [0.1, 0.15) is 0 Å². The van der Waals surface area contributed by atoms with Crippen molar-refractivity contribution in [1.29, 1.82) is 0 Å². The van der Waals surface area contributed by atoms with Crippen LogP contribution in [0.3, 0.4) is 0 Å². The van der Waals surface area contributed by atoms with Crippen molar-refractivity contribution >= 4 is 12.2 Å². The number of hydrogen-bond donors (Lipinski definition) is 4. The highest BCUT2D eigenvalue weighted by atomic mass is 16.8. The van der Waals surface area contributed by atoms with E-state index in [1.807, 2.05) is 5.43 Å². The quantitative estimate of drug-likeness (QED) is 0.326. The number of nitrogens with one attached hydrogen (secondary N) is 1. The van der Waals surface area contributed by atoms with Gasteiger partial charge in [-0.2, -0.15) is 5.10 Å². The molecule has 0 fully saturated rings. The van der Waals surface area contributed by atoms with Gasteiger partial charge in [-0.15, -0.1) is 5.10 Å². The minimum Gasteiger partial charge on any atom is -0.493 e. The van der Waals surface area contributed by atoms with Crippen LogP contribution in [0.25, 0.3) is 0 Å². The first-order chi connectivity index (χ1) is 10.0. The Bertz CT molecular complexity index is 507. The number of nitrogens with two attached hydrogens (primary N) is 1. The number of hydrogen-bond acceptors (Lipinski definition) is 8. The maximum absolute atomic E-state index is 8.45. The predicted octanol–water partition coefficient (Wildman–Crippen LogP) is -0.0540. The van der Waals surface area contributed by atoms with Crippen LogP contribution in [0.4, 0.5) is 0 Å². The number of rotatable bonds is 6. The van der Waals surface area contributed by atoms with E-state index in [-0.39, 0.29) is 11.3 Å². The van der Waals surface area contributed by atoms with Crippen LogP contribution < -0.4 is 25.4 Å². The van der Waals surface area contributed by atoms with E-state index in [4.69, 9.17) is 30.4 Å². The van der Waals surface area contributed by atoms with E-state index in [2.05, 4.69) is 10.2 Å². The first kappa shape index (κ1) is 16.5. The van der Waals surface area contributed by atoms with Crippen LogP contribution in [0, 0.1) is 0 Å². The average Bonchev–Trinajstić information content (AvgIpc) is 2.45. The van der Waals surface area contributed by atoms with Gasteiger partial charge in [0.2, 0.25) is 11.7 Å². The van der Waals surface area contributed by atoms with Gasteiger partial charge < -0.3 is 19.9 Å². The molecule has 5 N–H and O–H groups in total. The molecule has 0 spiro atoms. The van der Waals surface area contributed by atoms with Gasteiger partial charge in [-0.25, -0.2) is 5.43 Å². The van der Waals surface area contributed by atoms with E-state index in [1.54, 1.807) is 12.1 Å². The van der Waals surface area contributed by atoms with Crippen LogP contribution in [0.1, 0.15) is 5.56 Å². The van der Waals surface area contributed by atoms with Crippen molar-refractivity contribution in [3.05, 3.63) is 17.7 Å². The van der Waals surface area contributed by atoms with Crippen LogP contribution in [0.15, 0.2) is 22.3 Å². The molecular formula is C11H17N5O5. The van der Waals surface area contributed by atoms with Crippen molar-refractivity contribution in [1.82, 2.24) is 10.8 Å². The molecule has 0 heterocycles. The zero-order valence-electron chi connectivity index (χ0n) is 11.8. The van der Waals surface area contributed by atoms with Gasteiger partial charge in [0, 0.05) is 10.9 Å². The van der Waals surface area contributed by atoms with Crippen LogP contribution in [0.2, 0.25) is 0 Å². The summed E-state index contributed by atoms with van der Waals surface area (Å²) < 4.78 is 15.6. The topological polar surface area (TPSA) is 134 Å². The lowest BCUT2D eigenvalue weighted by Crippen LogP contribution is -2.41. The van der Waals surface area contributed by atoms with Crippen LogP contribution in [-0.4, -0.2) is 49.3 Å². The summed E-state index contributed by atoms with van der Waals surface area (Å²) in [4.78, 5) is 0. The molecule has 0 radical (unpaired) electrons. The molecule has 1 aromatic rings. The lowest BCUT2D eigenvalue weighted by atomic mass is 10.2. The summed E-state index contributed by atoms with van der Waals surface area (Å²) in [5, 5.41) is 23.7. The summed E-state index contributed by atoms with van der Waals surface area (Å²) in [6, 6.07) is 3.32. The van der Waals surface area contributed by atoms with Crippen molar-refractivity contribution in [3.8, 4) is 17.2 Å². The third kappa shape index (κ3) is 4.80. The van der Waals surface area contributed by atoms with E-state index in [9.17, 15) is 0 Å². The third-order valence-electron chi connectivity index (χ3n) is 2.27. The molecule has 0 atom stereocenters. The lowest BCUT2D eigenvalue weighted by Gasteiger charge is -2.12. The maximum Gasteiger partial charge on any atom is 0.232 e. The number of hydrazine groups is 1. The number of nitrogens with zero attached hydrogens (tertiary/aromatic N) is 3. The SMILES string of the molecule is COc1cc(C=NN=C(N)NN(O)O)cc(OC)c1OC. The van der Waals surface area contributed by atoms with Crippen LogP contribution in [0.5, 0.6) is 17.2 Å². The number of benzene rings is 1. The Hall–Kier alpha value is -2.56. The summed E-state index contributed by atoms with van der Waals surface area (Å²) in [6.45, 7) is 0. The highest BCUT2D eigenvalue weighted by Gasteiger charge is 2.12. The van der Waals surface area contributed by atoms with Crippen molar-refractivity contribution in [2.75, 3.05) is 21.3 Å². The van der Waals surface area contributed by atoms with Crippen LogP contribution in [-0.2, 0) is 0 Å². The summed E-state index contributed by atoms with van der Waals surface area (Å²) in [5.74, 6) is 1.07. The van der Waals surface area contributed by atoms with Gasteiger partial charge in [0.05, 0.1) is 27.5 Å². The summed E-state index contributed by atoms with van der Waals surface area (Å²) in [5.41, 5.74) is 7.79. The molecule has 0 aliphatic rings. The van der Waals surface area contributed by atoms with E-state index in [1.165, 1.54) is 27.5 Å². The Balaban J connectivity index is 2.98. The standard InChI is InChI=1S/C11H17N5O5/c1-19-8-4-7(5-9(20-2)10(8)21-3)6-13-14-11(12)15-16(17)18/h4-6,17-18H,1-3H3,(H3,12,14,15). The molecule has 0 amide bonds. The van der Waals surface area contributed by atoms with Crippen molar-refractivity contribution < 1.29 is 24.6 Å². The van der Waals surface area contributed by atoms with Gasteiger partial charge in [-0.05, 0) is 12.1 Å². The molecule has 0 aliphatic heterocycles. The minimum absolute atomic E-state index is 0.316. The predicted molar refractivity (Wildman–Crippen MR) is 73.9 cm³/mol. The fourth-order valence-corrected chi connectivity index (χ4v) is 1.46. The Kier molecular flexibility index (Phi) is 6.20. The Labute approximate surface area is 120 Å². The molecule has 1 rings (SSSR count). The lowest BCUT2D eigenvalue weighted by molar-refractivity contribution is -0.329. The second-order valence-electron chi connectivity index (χ2n) is 3.59. The summed E-state index contributed by atoms with van der Waals surface area (Å²) in [7, 11) is 4.49. The van der Waals surface area contributed by atoms with Gasteiger partial charge >= 0.3 is 0 Å². The molecule has 0 saturated heterocycles. The van der Waals surface area contributed by atoms with Gasteiger partial charge in [0.25, 0.3) is 0 Å². The maximum atomic E-state index is 8.45. The van der Waals surface area contributed by atoms with E-state index in [0.29, 0.717) is 22.8 Å². The molecule has 116 valence electrons. The van der Waals surface area contributed by atoms with Gasteiger partial charge in [-0.3, -0.25) is 10.4 Å². The number of methoxy groups -OCH3 is 3. The minimum atomic E-state index is -0.339. The van der Waals surface area contributed by atoms with Crippen molar-refractivity contribution in [2.45, 2.75) is 0 Å². The monoisotopic (exact) mass is 299 g/mol. The Morgan fingerprint density at radius 2 is 1.76 bits per heavy atom. The molecule has 10 nitrogen and oxygen atoms in total. The molecule has 10 heteroatoms. The van der Waals surface area contributed by atoms with E-state index >= 15 is 0 Å². The molecule has 0 unspecified atom stereocenters. The number of guanidine groups is 1. The third-order valence-corrected chi connectivity index (χ3v) is 2.27. The van der Waals surface area contributed by atoms with Crippen molar-refractivity contribution in [2.24, 2.45) is 15.9 Å². The second-order valence-corrected chi connectivity index (χ2v) is 3.59. The molecule has 0 saturated carbocycles. The Morgan fingerprint density at radius 3 is 2.19 bits per heavy atom. The van der Waals surface area contributed by atoms with Crippen molar-refractivity contribution in [3.63, 3.8) is 0 Å². The molecule has 0 aromatic heterocycles. The summed E-state index contributed by atoms with van der Waals surface area (Å²) >= 11 is 0. The number of ether oxygens (including phenoxy) is 3. The smallest absolute Gasteiger partial charge is 0.232 e. The molecule has 1 aromatic carbocycles. The first-order valence-corrected chi connectivity index (χ1v) is 5.62. The zero-order chi connectivity index (χ0) is 15.8. The summed E-state index contributed by atoms with van der Waals surface area (Å²) in [6.07, 6.45) is 1.37. The van der Waals surface area contributed by atoms with Gasteiger partial charge in [0.15, 0.2) is 11.5 Å². The fraction of sp³-hybridized carbons (Fsp3) is 0.273.